The molecule has 1 aliphatic heterocycles. The van der Waals surface area contributed by atoms with Crippen molar-refractivity contribution in [1.82, 2.24) is 4.90 Å². The van der Waals surface area contributed by atoms with Gasteiger partial charge in [0.05, 0.1) is 11.5 Å². The van der Waals surface area contributed by atoms with Crippen molar-refractivity contribution in [2.24, 2.45) is 0 Å². The fourth-order valence-electron chi connectivity index (χ4n) is 2.81. The third-order valence-electron chi connectivity index (χ3n) is 3.93. The molecule has 21 heavy (non-hydrogen) atoms. The Labute approximate surface area is 125 Å². The third-order valence-corrected chi connectivity index (χ3v) is 3.93. The molecule has 116 valence electrons. The van der Waals surface area contributed by atoms with Crippen molar-refractivity contribution < 1.29 is 9.66 Å². The summed E-state index contributed by atoms with van der Waals surface area (Å²) < 4.78 is 5.69. The summed E-state index contributed by atoms with van der Waals surface area (Å²) in [7, 11) is 2.12. The van der Waals surface area contributed by atoms with Gasteiger partial charge >= 0.3 is 5.69 Å². The fraction of sp³-hybridized carbons (Fsp3) is 0.600. The van der Waals surface area contributed by atoms with E-state index in [0.29, 0.717) is 30.6 Å². The van der Waals surface area contributed by atoms with Crippen molar-refractivity contribution in [3.63, 3.8) is 0 Å². The highest BCUT2D eigenvalue weighted by atomic mass is 16.6. The molecule has 0 amide bonds. The average Bonchev–Trinajstić information content (AvgIpc) is 2.85. The van der Waals surface area contributed by atoms with Crippen LogP contribution in [-0.4, -0.2) is 42.6 Å². The zero-order valence-corrected chi connectivity index (χ0v) is 12.7. The van der Waals surface area contributed by atoms with Crippen molar-refractivity contribution in [3.05, 3.63) is 28.3 Å². The van der Waals surface area contributed by atoms with Crippen LogP contribution in [0.2, 0.25) is 0 Å². The molecule has 0 radical (unpaired) electrons. The number of hydrogen-bond acceptors (Lipinski definition) is 5. The highest BCUT2D eigenvalue weighted by Gasteiger charge is 2.23. The Balaban J connectivity index is 2.01. The standard InChI is InChI=1S/C15H23N3O3/c1-3-16-13-7-4-8-14(15(13)18(19)20)21-11-9-12-6-5-10-17(12)2/h4,7-8,12,16H,3,5-6,9-11H2,1-2H3. The maximum atomic E-state index is 11.3. The molecule has 1 unspecified atom stereocenters. The van der Waals surface area contributed by atoms with E-state index in [9.17, 15) is 10.1 Å². The van der Waals surface area contributed by atoms with Gasteiger partial charge in [-0.05, 0) is 51.9 Å². The molecule has 0 spiro atoms. The van der Waals surface area contributed by atoms with Crippen molar-refractivity contribution in [1.29, 1.82) is 0 Å². The van der Waals surface area contributed by atoms with Crippen LogP contribution in [0.3, 0.4) is 0 Å². The number of ether oxygens (including phenoxy) is 1. The van der Waals surface area contributed by atoms with Crippen molar-refractivity contribution in [3.8, 4) is 5.75 Å². The van der Waals surface area contributed by atoms with E-state index in [1.165, 1.54) is 12.8 Å². The van der Waals surface area contributed by atoms with Crippen LogP contribution in [0, 0.1) is 10.1 Å². The number of anilines is 1. The molecular weight excluding hydrogens is 270 g/mol. The normalized spacial score (nSPS) is 18.7. The number of nitrogens with one attached hydrogen (secondary N) is 1. The molecule has 6 heteroatoms. The van der Waals surface area contributed by atoms with Gasteiger partial charge < -0.3 is 15.0 Å². The van der Waals surface area contributed by atoms with Gasteiger partial charge in [0.2, 0.25) is 0 Å². The number of nitro benzene ring substituents is 1. The van der Waals surface area contributed by atoms with E-state index in [0.717, 1.165) is 13.0 Å². The maximum absolute atomic E-state index is 11.3. The molecule has 1 aromatic carbocycles. The Kier molecular flexibility index (Phi) is 5.38. The lowest BCUT2D eigenvalue weighted by Gasteiger charge is -2.19. The Morgan fingerprint density at radius 3 is 2.95 bits per heavy atom. The number of hydrogen-bond donors (Lipinski definition) is 1. The van der Waals surface area contributed by atoms with Crippen molar-refractivity contribution in [2.45, 2.75) is 32.2 Å². The van der Waals surface area contributed by atoms with Gasteiger partial charge in [0.25, 0.3) is 0 Å². The van der Waals surface area contributed by atoms with E-state index in [4.69, 9.17) is 4.74 Å². The minimum absolute atomic E-state index is 0.0270. The lowest BCUT2D eigenvalue weighted by atomic mass is 10.1. The van der Waals surface area contributed by atoms with E-state index in [1.807, 2.05) is 6.92 Å². The topological polar surface area (TPSA) is 67.6 Å². The SMILES string of the molecule is CCNc1cccc(OCCC2CCCN2C)c1[N+](=O)[O-]. The molecule has 1 saturated heterocycles. The lowest BCUT2D eigenvalue weighted by molar-refractivity contribution is -0.385. The second kappa shape index (κ2) is 7.26. The highest BCUT2D eigenvalue weighted by Crippen LogP contribution is 2.34. The van der Waals surface area contributed by atoms with Gasteiger partial charge in [-0.15, -0.1) is 0 Å². The number of para-hydroxylation sites is 1. The van der Waals surface area contributed by atoms with Crippen molar-refractivity contribution in [2.75, 3.05) is 32.1 Å². The summed E-state index contributed by atoms with van der Waals surface area (Å²) in [4.78, 5) is 13.2. The summed E-state index contributed by atoms with van der Waals surface area (Å²) in [6.45, 7) is 4.18. The Hall–Kier alpha value is -1.82. The van der Waals surface area contributed by atoms with Crippen LogP contribution in [0.5, 0.6) is 5.75 Å². The van der Waals surface area contributed by atoms with Crippen molar-refractivity contribution >= 4 is 11.4 Å². The van der Waals surface area contributed by atoms with Gasteiger partial charge in [-0.1, -0.05) is 6.07 Å². The molecule has 2 rings (SSSR count). The number of nitrogens with zero attached hydrogens (tertiary/aromatic N) is 2. The molecule has 1 atom stereocenters. The van der Waals surface area contributed by atoms with E-state index < -0.39 is 0 Å². The minimum Gasteiger partial charge on any atom is -0.487 e. The predicted molar refractivity (Wildman–Crippen MR) is 83.0 cm³/mol. The smallest absolute Gasteiger partial charge is 0.333 e. The first-order valence-electron chi connectivity index (χ1n) is 7.47. The monoisotopic (exact) mass is 293 g/mol. The molecule has 1 fully saturated rings. The number of likely N-dealkylation sites (tertiary alicyclic amines) is 1. The van der Waals surface area contributed by atoms with E-state index in [-0.39, 0.29) is 10.6 Å². The molecule has 0 saturated carbocycles. The minimum atomic E-state index is -0.380. The maximum Gasteiger partial charge on any atom is 0.333 e. The van der Waals surface area contributed by atoms with Crippen LogP contribution >= 0.6 is 0 Å². The Morgan fingerprint density at radius 2 is 2.33 bits per heavy atom. The first-order chi connectivity index (χ1) is 10.1. The zero-order valence-electron chi connectivity index (χ0n) is 12.7. The van der Waals surface area contributed by atoms with E-state index in [2.05, 4.69) is 17.3 Å². The largest absolute Gasteiger partial charge is 0.487 e. The molecule has 1 N–H and O–H groups in total. The summed E-state index contributed by atoms with van der Waals surface area (Å²) in [6, 6.07) is 5.68. The lowest BCUT2D eigenvalue weighted by Crippen LogP contribution is -2.26. The van der Waals surface area contributed by atoms with Crippen LogP contribution in [0.15, 0.2) is 18.2 Å². The number of nitro groups is 1. The number of rotatable bonds is 7. The Morgan fingerprint density at radius 1 is 1.52 bits per heavy atom. The molecule has 1 heterocycles. The molecule has 0 aromatic heterocycles. The molecule has 6 nitrogen and oxygen atoms in total. The van der Waals surface area contributed by atoms with E-state index >= 15 is 0 Å². The molecule has 1 aromatic rings. The second-order valence-electron chi connectivity index (χ2n) is 5.35. The van der Waals surface area contributed by atoms with Crippen LogP contribution in [-0.2, 0) is 0 Å². The van der Waals surface area contributed by atoms with Crippen LogP contribution in [0.4, 0.5) is 11.4 Å². The summed E-state index contributed by atoms with van der Waals surface area (Å²) in [6.07, 6.45) is 3.30. The zero-order chi connectivity index (χ0) is 15.2. The highest BCUT2D eigenvalue weighted by molar-refractivity contribution is 5.68. The summed E-state index contributed by atoms with van der Waals surface area (Å²) in [5.74, 6) is 0.346. The third kappa shape index (κ3) is 3.85. The fourth-order valence-corrected chi connectivity index (χ4v) is 2.81. The van der Waals surface area contributed by atoms with E-state index in [1.54, 1.807) is 18.2 Å². The first-order valence-corrected chi connectivity index (χ1v) is 7.47. The van der Waals surface area contributed by atoms with Gasteiger partial charge in [0, 0.05) is 12.6 Å². The second-order valence-corrected chi connectivity index (χ2v) is 5.35. The Bertz CT molecular complexity index is 493. The number of benzene rings is 1. The average molecular weight is 293 g/mol. The quantitative estimate of drug-likeness (QED) is 0.618. The summed E-state index contributed by atoms with van der Waals surface area (Å²) >= 11 is 0. The van der Waals surface area contributed by atoms with Crippen LogP contribution in [0.25, 0.3) is 0 Å². The molecule has 0 aliphatic carbocycles. The van der Waals surface area contributed by atoms with Gasteiger partial charge in [-0.2, -0.15) is 0 Å². The molecular formula is C15H23N3O3. The summed E-state index contributed by atoms with van der Waals surface area (Å²) in [5, 5.41) is 14.3. The van der Waals surface area contributed by atoms with Gasteiger partial charge in [-0.25, -0.2) is 0 Å². The van der Waals surface area contributed by atoms with Gasteiger partial charge in [-0.3, -0.25) is 10.1 Å². The van der Waals surface area contributed by atoms with Crippen LogP contribution in [0.1, 0.15) is 26.2 Å². The van der Waals surface area contributed by atoms with Gasteiger partial charge in [0.15, 0.2) is 5.75 Å². The van der Waals surface area contributed by atoms with Gasteiger partial charge in [0.1, 0.15) is 5.69 Å². The molecule has 0 bridgehead atoms. The molecule has 1 aliphatic rings. The van der Waals surface area contributed by atoms with Crippen LogP contribution < -0.4 is 10.1 Å². The predicted octanol–water partition coefficient (Wildman–Crippen LogP) is 2.89. The first kappa shape index (κ1) is 15.6. The summed E-state index contributed by atoms with van der Waals surface area (Å²) in [5.41, 5.74) is 0.539.